The molecule has 1 aromatic rings. The molecule has 0 radical (unpaired) electrons. The summed E-state index contributed by atoms with van der Waals surface area (Å²) in [6.07, 6.45) is 3.38. The van der Waals surface area contributed by atoms with Crippen LogP contribution in [0.5, 0.6) is 5.75 Å². The van der Waals surface area contributed by atoms with Crippen LogP contribution < -0.4 is 10.1 Å². The highest BCUT2D eigenvalue weighted by Crippen LogP contribution is 2.20. The van der Waals surface area contributed by atoms with Gasteiger partial charge in [0.25, 0.3) is 0 Å². The normalized spacial score (nSPS) is 17.3. The molecule has 1 fully saturated rings. The Morgan fingerprint density at radius 2 is 1.96 bits per heavy atom. The van der Waals surface area contributed by atoms with Crippen molar-refractivity contribution in [1.82, 2.24) is 10.2 Å². The second kappa shape index (κ2) is 10.7. The fraction of sp³-hybridized carbons (Fsp3) is 0.684. The van der Waals surface area contributed by atoms with E-state index in [0.29, 0.717) is 25.7 Å². The Morgan fingerprint density at radius 3 is 2.54 bits per heavy atom. The van der Waals surface area contributed by atoms with Crippen molar-refractivity contribution in [3.63, 3.8) is 0 Å². The molecule has 0 saturated carbocycles. The molecule has 0 aliphatic carbocycles. The fourth-order valence-electron chi connectivity index (χ4n) is 2.79. The maximum atomic E-state index is 9.61. The quantitative estimate of drug-likeness (QED) is 0.454. The topological polar surface area (TPSA) is 54.0 Å². The zero-order valence-corrected chi connectivity index (χ0v) is 15.0. The first-order valence-electron chi connectivity index (χ1n) is 9.15. The van der Waals surface area contributed by atoms with Gasteiger partial charge in [-0.3, -0.25) is 0 Å². The van der Waals surface area contributed by atoms with Gasteiger partial charge in [0.2, 0.25) is 0 Å². The SMILES string of the molecule is CCCCC(O)OCCOc1ccc(C(CN2CCC2)NC)cc1. The molecule has 1 aliphatic rings. The van der Waals surface area contributed by atoms with Crippen molar-refractivity contribution in [3.8, 4) is 5.75 Å². The molecule has 1 heterocycles. The number of likely N-dealkylation sites (N-methyl/N-ethyl adjacent to an activating group) is 1. The van der Waals surface area contributed by atoms with Crippen LogP contribution in [0.1, 0.15) is 44.2 Å². The number of aliphatic hydroxyl groups is 1. The number of nitrogens with zero attached hydrogens (tertiary/aromatic N) is 1. The highest BCUT2D eigenvalue weighted by Gasteiger charge is 2.19. The van der Waals surface area contributed by atoms with Crippen molar-refractivity contribution in [2.45, 2.75) is 44.9 Å². The van der Waals surface area contributed by atoms with E-state index in [0.717, 1.165) is 25.1 Å². The van der Waals surface area contributed by atoms with Crippen molar-refractivity contribution >= 4 is 0 Å². The smallest absolute Gasteiger partial charge is 0.154 e. The van der Waals surface area contributed by atoms with Gasteiger partial charge in [-0.2, -0.15) is 0 Å². The van der Waals surface area contributed by atoms with Gasteiger partial charge in [-0.15, -0.1) is 0 Å². The molecule has 0 bridgehead atoms. The largest absolute Gasteiger partial charge is 0.491 e. The zero-order chi connectivity index (χ0) is 17.2. The first-order chi connectivity index (χ1) is 11.7. The molecule has 1 aliphatic heterocycles. The number of rotatable bonds is 12. The molecule has 5 nitrogen and oxygen atoms in total. The van der Waals surface area contributed by atoms with Crippen molar-refractivity contribution in [3.05, 3.63) is 29.8 Å². The molecule has 2 N–H and O–H groups in total. The number of nitrogens with one attached hydrogen (secondary N) is 1. The third-order valence-corrected chi connectivity index (χ3v) is 4.49. The van der Waals surface area contributed by atoms with Crippen molar-refractivity contribution in [2.24, 2.45) is 0 Å². The van der Waals surface area contributed by atoms with Crippen LogP contribution in [0.15, 0.2) is 24.3 Å². The summed E-state index contributed by atoms with van der Waals surface area (Å²) in [5, 5.41) is 13.0. The maximum absolute atomic E-state index is 9.61. The lowest BCUT2D eigenvalue weighted by molar-refractivity contribution is -0.109. The van der Waals surface area contributed by atoms with E-state index < -0.39 is 6.29 Å². The number of hydrogen-bond acceptors (Lipinski definition) is 5. The van der Waals surface area contributed by atoms with Gasteiger partial charge in [-0.25, -0.2) is 0 Å². The molecule has 0 amide bonds. The van der Waals surface area contributed by atoms with E-state index in [-0.39, 0.29) is 0 Å². The van der Waals surface area contributed by atoms with Crippen LogP contribution in [-0.4, -0.2) is 56.2 Å². The van der Waals surface area contributed by atoms with Gasteiger partial charge in [0, 0.05) is 12.6 Å². The van der Waals surface area contributed by atoms with Gasteiger partial charge in [-0.05, 0) is 57.1 Å². The van der Waals surface area contributed by atoms with Crippen molar-refractivity contribution in [2.75, 3.05) is 39.9 Å². The van der Waals surface area contributed by atoms with E-state index in [1.807, 2.05) is 19.2 Å². The van der Waals surface area contributed by atoms with Crippen LogP contribution >= 0.6 is 0 Å². The van der Waals surface area contributed by atoms with Gasteiger partial charge < -0.3 is 24.8 Å². The Hall–Kier alpha value is -1.14. The summed E-state index contributed by atoms with van der Waals surface area (Å²) >= 11 is 0. The molecule has 2 unspecified atom stereocenters. The van der Waals surface area contributed by atoms with Gasteiger partial charge in [0.05, 0.1) is 6.61 Å². The molecule has 1 saturated heterocycles. The van der Waals surface area contributed by atoms with E-state index >= 15 is 0 Å². The maximum Gasteiger partial charge on any atom is 0.154 e. The molecule has 0 spiro atoms. The summed E-state index contributed by atoms with van der Waals surface area (Å²) in [5.41, 5.74) is 1.28. The van der Waals surface area contributed by atoms with Gasteiger partial charge in [-0.1, -0.05) is 25.5 Å². The van der Waals surface area contributed by atoms with E-state index in [4.69, 9.17) is 9.47 Å². The van der Waals surface area contributed by atoms with Crippen molar-refractivity contribution < 1.29 is 14.6 Å². The molecule has 2 atom stereocenters. The van der Waals surface area contributed by atoms with Gasteiger partial charge >= 0.3 is 0 Å². The van der Waals surface area contributed by atoms with Gasteiger partial charge in [0.15, 0.2) is 6.29 Å². The first-order valence-corrected chi connectivity index (χ1v) is 9.15. The summed E-state index contributed by atoms with van der Waals surface area (Å²) in [5.74, 6) is 0.837. The third-order valence-electron chi connectivity index (χ3n) is 4.49. The third kappa shape index (κ3) is 6.40. The Kier molecular flexibility index (Phi) is 8.53. The molecule has 0 aromatic heterocycles. The highest BCUT2D eigenvalue weighted by atomic mass is 16.6. The standard InChI is InChI=1S/C19H32N2O3/c1-3-4-6-19(22)24-14-13-23-17-9-7-16(8-10-17)18(20-2)15-21-11-5-12-21/h7-10,18-20,22H,3-6,11-15H2,1-2H3. The Morgan fingerprint density at radius 1 is 1.21 bits per heavy atom. The van der Waals surface area contributed by atoms with E-state index in [1.54, 1.807) is 0 Å². The van der Waals surface area contributed by atoms with Crippen LogP contribution in [0, 0.1) is 0 Å². The summed E-state index contributed by atoms with van der Waals surface area (Å²) in [4.78, 5) is 2.47. The van der Waals surface area contributed by atoms with Crippen LogP contribution in [0.3, 0.4) is 0 Å². The number of unbranched alkanes of at least 4 members (excludes halogenated alkanes) is 1. The number of likely N-dealkylation sites (tertiary alicyclic amines) is 1. The summed E-state index contributed by atoms with van der Waals surface area (Å²) in [7, 11) is 2.01. The molecule has 2 rings (SSSR count). The average molecular weight is 336 g/mol. The molecule has 5 heteroatoms. The molecule has 136 valence electrons. The Balaban J connectivity index is 1.69. The lowest BCUT2D eigenvalue weighted by Gasteiger charge is -2.34. The zero-order valence-electron chi connectivity index (χ0n) is 15.0. The Bertz CT molecular complexity index is 448. The van der Waals surface area contributed by atoms with Crippen LogP contribution in [-0.2, 0) is 4.74 Å². The molecule has 24 heavy (non-hydrogen) atoms. The number of benzene rings is 1. The lowest BCUT2D eigenvalue weighted by Crippen LogP contribution is -2.42. The number of aliphatic hydroxyl groups excluding tert-OH is 1. The summed E-state index contributed by atoms with van der Waals surface area (Å²) in [6, 6.07) is 8.60. The van der Waals surface area contributed by atoms with Crippen LogP contribution in [0.4, 0.5) is 0 Å². The van der Waals surface area contributed by atoms with Gasteiger partial charge in [0.1, 0.15) is 12.4 Å². The summed E-state index contributed by atoms with van der Waals surface area (Å²) < 4.78 is 11.0. The van der Waals surface area contributed by atoms with E-state index in [1.165, 1.54) is 25.1 Å². The number of ether oxygens (including phenoxy) is 2. The minimum absolute atomic E-state index is 0.358. The highest BCUT2D eigenvalue weighted by molar-refractivity contribution is 5.29. The summed E-state index contributed by atoms with van der Waals surface area (Å²) in [6.45, 7) is 6.43. The average Bonchev–Trinajstić information content (AvgIpc) is 2.57. The minimum atomic E-state index is -0.672. The fourth-order valence-corrected chi connectivity index (χ4v) is 2.79. The Labute approximate surface area is 146 Å². The second-order valence-corrected chi connectivity index (χ2v) is 6.38. The van der Waals surface area contributed by atoms with Crippen molar-refractivity contribution in [1.29, 1.82) is 0 Å². The molecular formula is C19H32N2O3. The van der Waals surface area contributed by atoms with E-state index in [2.05, 4.69) is 29.3 Å². The van der Waals surface area contributed by atoms with Crippen LogP contribution in [0.2, 0.25) is 0 Å². The number of hydrogen-bond donors (Lipinski definition) is 2. The predicted molar refractivity (Wildman–Crippen MR) is 96.3 cm³/mol. The lowest BCUT2D eigenvalue weighted by atomic mass is 10.0. The monoisotopic (exact) mass is 336 g/mol. The minimum Gasteiger partial charge on any atom is -0.491 e. The molecular weight excluding hydrogens is 304 g/mol. The van der Waals surface area contributed by atoms with Crippen LogP contribution in [0.25, 0.3) is 0 Å². The first kappa shape index (κ1) is 19.2. The second-order valence-electron chi connectivity index (χ2n) is 6.38. The van der Waals surface area contributed by atoms with E-state index in [9.17, 15) is 5.11 Å². The molecule has 1 aromatic carbocycles. The predicted octanol–water partition coefficient (Wildman–Crippen LogP) is 2.56.